The number of carbonyl (C=O) groups is 1. The molecule has 0 heterocycles. The molecular formula is C14H18N2O2. The molecule has 0 amide bonds. The minimum Gasteiger partial charge on any atom is -0.481 e. The van der Waals surface area contributed by atoms with Crippen LogP contribution in [0.5, 0.6) is 0 Å². The van der Waals surface area contributed by atoms with Gasteiger partial charge in [0.15, 0.2) is 0 Å². The smallest absolute Gasteiger partial charge is 0.305 e. The average molecular weight is 246 g/mol. The van der Waals surface area contributed by atoms with Gasteiger partial charge in [0.05, 0.1) is 17.7 Å². The third-order valence-corrected chi connectivity index (χ3v) is 2.84. The Balaban J connectivity index is 2.94. The summed E-state index contributed by atoms with van der Waals surface area (Å²) in [5, 5.41) is 21.1. The molecule has 0 aliphatic carbocycles. The predicted octanol–water partition coefficient (Wildman–Crippen LogP) is 2.78. The lowest BCUT2D eigenvalue weighted by molar-refractivity contribution is -0.137. The maximum atomic E-state index is 10.8. The van der Waals surface area contributed by atoms with E-state index in [2.05, 4.69) is 11.4 Å². The molecule has 0 fully saturated rings. The van der Waals surface area contributed by atoms with Gasteiger partial charge in [-0.05, 0) is 30.5 Å². The SMILES string of the molecule is Cc1ccc(NC(CC(=O)O)C(C)C)c(C#N)c1. The highest BCUT2D eigenvalue weighted by Gasteiger charge is 2.18. The van der Waals surface area contributed by atoms with Gasteiger partial charge in [-0.2, -0.15) is 5.26 Å². The molecule has 0 aliphatic rings. The topological polar surface area (TPSA) is 73.1 Å². The number of benzene rings is 1. The first-order valence-electron chi connectivity index (χ1n) is 5.93. The Labute approximate surface area is 107 Å². The van der Waals surface area contributed by atoms with Crippen molar-refractivity contribution in [1.82, 2.24) is 0 Å². The zero-order chi connectivity index (χ0) is 13.7. The van der Waals surface area contributed by atoms with Gasteiger partial charge in [-0.15, -0.1) is 0 Å². The van der Waals surface area contributed by atoms with E-state index in [0.717, 1.165) is 5.56 Å². The lowest BCUT2D eigenvalue weighted by atomic mass is 9.99. The van der Waals surface area contributed by atoms with Crippen molar-refractivity contribution in [2.75, 3.05) is 5.32 Å². The summed E-state index contributed by atoms with van der Waals surface area (Å²) in [4.78, 5) is 10.8. The first kappa shape index (κ1) is 14.0. The first-order valence-corrected chi connectivity index (χ1v) is 5.93. The Morgan fingerprint density at radius 3 is 2.67 bits per heavy atom. The van der Waals surface area contributed by atoms with Crippen LogP contribution < -0.4 is 5.32 Å². The average Bonchev–Trinajstić information content (AvgIpc) is 2.29. The fraction of sp³-hybridized carbons (Fsp3) is 0.429. The van der Waals surface area contributed by atoms with Gasteiger partial charge in [0.2, 0.25) is 0 Å². The van der Waals surface area contributed by atoms with E-state index in [4.69, 9.17) is 10.4 Å². The normalized spacial score (nSPS) is 11.9. The second-order valence-corrected chi connectivity index (χ2v) is 4.75. The maximum Gasteiger partial charge on any atom is 0.305 e. The number of anilines is 1. The van der Waals surface area contributed by atoms with Crippen LogP contribution in [-0.4, -0.2) is 17.1 Å². The van der Waals surface area contributed by atoms with Gasteiger partial charge in [-0.25, -0.2) is 0 Å². The molecular weight excluding hydrogens is 228 g/mol. The number of aliphatic carboxylic acids is 1. The predicted molar refractivity (Wildman–Crippen MR) is 70.4 cm³/mol. The van der Waals surface area contributed by atoms with Crippen molar-refractivity contribution < 1.29 is 9.90 Å². The van der Waals surface area contributed by atoms with E-state index in [-0.39, 0.29) is 18.4 Å². The van der Waals surface area contributed by atoms with Gasteiger partial charge in [0.25, 0.3) is 0 Å². The minimum atomic E-state index is -0.841. The summed E-state index contributed by atoms with van der Waals surface area (Å²) in [5.74, 6) is -0.666. The highest BCUT2D eigenvalue weighted by molar-refractivity contribution is 5.69. The Morgan fingerprint density at radius 2 is 2.17 bits per heavy atom. The molecule has 1 atom stereocenters. The van der Waals surface area contributed by atoms with E-state index in [0.29, 0.717) is 11.3 Å². The van der Waals surface area contributed by atoms with Gasteiger partial charge in [-0.3, -0.25) is 4.79 Å². The van der Waals surface area contributed by atoms with Crippen LogP contribution in [0.1, 0.15) is 31.4 Å². The van der Waals surface area contributed by atoms with Crippen molar-refractivity contribution in [3.8, 4) is 6.07 Å². The number of rotatable bonds is 5. The molecule has 0 spiro atoms. The number of nitriles is 1. The van der Waals surface area contributed by atoms with Crippen molar-refractivity contribution in [1.29, 1.82) is 5.26 Å². The highest BCUT2D eigenvalue weighted by Crippen LogP contribution is 2.20. The summed E-state index contributed by atoms with van der Waals surface area (Å²) >= 11 is 0. The van der Waals surface area contributed by atoms with Gasteiger partial charge in [-0.1, -0.05) is 19.9 Å². The van der Waals surface area contributed by atoms with E-state index in [1.165, 1.54) is 0 Å². The largest absolute Gasteiger partial charge is 0.481 e. The molecule has 1 unspecified atom stereocenters. The molecule has 0 aliphatic heterocycles. The van der Waals surface area contributed by atoms with Crippen molar-refractivity contribution in [2.45, 2.75) is 33.2 Å². The van der Waals surface area contributed by atoms with Crippen molar-refractivity contribution in [2.24, 2.45) is 5.92 Å². The number of hydrogen-bond acceptors (Lipinski definition) is 3. The summed E-state index contributed by atoms with van der Waals surface area (Å²) in [6, 6.07) is 7.46. The molecule has 0 saturated carbocycles. The van der Waals surface area contributed by atoms with Crippen LogP contribution in [0.4, 0.5) is 5.69 Å². The molecule has 4 nitrogen and oxygen atoms in total. The standard InChI is InChI=1S/C14H18N2O2/c1-9(2)13(7-14(17)18)16-12-5-4-10(3)6-11(12)8-15/h4-6,9,13,16H,7H2,1-3H3,(H,17,18). The van der Waals surface area contributed by atoms with Crippen molar-refractivity contribution in [3.05, 3.63) is 29.3 Å². The molecule has 18 heavy (non-hydrogen) atoms. The fourth-order valence-corrected chi connectivity index (χ4v) is 1.72. The van der Waals surface area contributed by atoms with Crippen LogP contribution in [0, 0.1) is 24.2 Å². The summed E-state index contributed by atoms with van der Waals surface area (Å²) in [5.41, 5.74) is 2.26. The van der Waals surface area contributed by atoms with Gasteiger partial charge >= 0.3 is 5.97 Å². The first-order chi connectivity index (χ1) is 8.43. The summed E-state index contributed by atoms with van der Waals surface area (Å²) in [6.45, 7) is 5.84. The van der Waals surface area contributed by atoms with E-state index >= 15 is 0 Å². The number of carboxylic acid groups (broad SMARTS) is 1. The summed E-state index contributed by atoms with van der Waals surface area (Å²) < 4.78 is 0. The number of hydrogen-bond donors (Lipinski definition) is 2. The number of carboxylic acids is 1. The monoisotopic (exact) mass is 246 g/mol. The molecule has 0 aromatic heterocycles. The molecule has 4 heteroatoms. The molecule has 0 bridgehead atoms. The summed E-state index contributed by atoms with van der Waals surface area (Å²) in [6.07, 6.45) is 0.0381. The molecule has 2 N–H and O–H groups in total. The van der Waals surface area contributed by atoms with E-state index in [1.54, 1.807) is 6.07 Å². The fourth-order valence-electron chi connectivity index (χ4n) is 1.72. The van der Waals surface area contributed by atoms with Crippen LogP contribution in [-0.2, 0) is 4.79 Å². The second-order valence-electron chi connectivity index (χ2n) is 4.75. The van der Waals surface area contributed by atoms with Gasteiger partial charge in [0, 0.05) is 6.04 Å². The Kier molecular flexibility index (Phi) is 4.73. The zero-order valence-corrected chi connectivity index (χ0v) is 10.9. The minimum absolute atomic E-state index is 0.0381. The molecule has 1 rings (SSSR count). The highest BCUT2D eigenvalue weighted by atomic mass is 16.4. The third-order valence-electron chi connectivity index (χ3n) is 2.84. The van der Waals surface area contributed by atoms with Crippen molar-refractivity contribution >= 4 is 11.7 Å². The van der Waals surface area contributed by atoms with Crippen molar-refractivity contribution in [3.63, 3.8) is 0 Å². The summed E-state index contributed by atoms with van der Waals surface area (Å²) in [7, 11) is 0. The van der Waals surface area contributed by atoms with Crippen LogP contribution in [0.25, 0.3) is 0 Å². The second kappa shape index (κ2) is 6.06. The Bertz CT molecular complexity index is 475. The Morgan fingerprint density at radius 1 is 1.50 bits per heavy atom. The number of nitrogens with zero attached hydrogens (tertiary/aromatic N) is 1. The molecule has 1 aromatic carbocycles. The molecule has 96 valence electrons. The van der Waals surface area contributed by atoms with Crippen LogP contribution in [0.3, 0.4) is 0 Å². The molecule has 0 radical (unpaired) electrons. The zero-order valence-electron chi connectivity index (χ0n) is 10.9. The van der Waals surface area contributed by atoms with E-state index in [9.17, 15) is 4.79 Å². The van der Waals surface area contributed by atoms with Gasteiger partial charge < -0.3 is 10.4 Å². The quantitative estimate of drug-likeness (QED) is 0.837. The van der Waals surface area contributed by atoms with Crippen LogP contribution >= 0.6 is 0 Å². The van der Waals surface area contributed by atoms with E-state index in [1.807, 2.05) is 32.9 Å². The lowest BCUT2D eigenvalue weighted by Crippen LogP contribution is -2.28. The van der Waals surface area contributed by atoms with Gasteiger partial charge in [0.1, 0.15) is 6.07 Å². The third kappa shape index (κ3) is 3.77. The molecule has 1 aromatic rings. The lowest BCUT2D eigenvalue weighted by Gasteiger charge is -2.22. The Hall–Kier alpha value is -2.02. The maximum absolute atomic E-state index is 10.8. The van der Waals surface area contributed by atoms with Crippen LogP contribution in [0.15, 0.2) is 18.2 Å². The number of nitrogens with one attached hydrogen (secondary N) is 1. The van der Waals surface area contributed by atoms with Crippen LogP contribution in [0.2, 0.25) is 0 Å². The van der Waals surface area contributed by atoms with E-state index < -0.39 is 5.97 Å². The number of aryl methyl sites for hydroxylation is 1. The molecule has 0 saturated heterocycles.